The number of nitrogens with two attached hydrogens (primary N) is 1. The summed E-state index contributed by atoms with van der Waals surface area (Å²) in [5.74, 6) is 0. The van der Waals surface area contributed by atoms with Crippen LogP contribution in [0, 0.1) is 10.1 Å². The van der Waals surface area contributed by atoms with Crippen molar-refractivity contribution in [2.75, 3.05) is 71.2 Å². The van der Waals surface area contributed by atoms with E-state index in [4.69, 9.17) is 15.2 Å². The molecule has 0 bridgehead atoms. The van der Waals surface area contributed by atoms with E-state index >= 15 is 0 Å². The van der Waals surface area contributed by atoms with Crippen molar-refractivity contribution in [3.63, 3.8) is 0 Å². The maximum Gasteiger partial charge on any atom is 0.410 e. The number of non-ortho nitro benzene ring substituents is 1. The van der Waals surface area contributed by atoms with Gasteiger partial charge in [-0.05, 0) is 108 Å². The second-order valence-corrected chi connectivity index (χ2v) is 14.5. The lowest BCUT2D eigenvalue weighted by atomic mass is 10.1. The summed E-state index contributed by atoms with van der Waals surface area (Å²) in [5, 5.41) is 10.8. The molecule has 2 saturated heterocycles. The smallest absolute Gasteiger partial charge is 0.410 e. The molecule has 0 radical (unpaired) electrons. The lowest BCUT2D eigenvalue weighted by Gasteiger charge is -2.35. The number of ether oxygens (including phenoxy) is 2. The summed E-state index contributed by atoms with van der Waals surface area (Å²) in [4.78, 5) is 42.6. The van der Waals surface area contributed by atoms with Crippen molar-refractivity contribution >= 4 is 23.6 Å². The fourth-order valence-electron chi connectivity index (χ4n) is 5.23. The van der Waals surface area contributed by atoms with Crippen LogP contribution < -0.4 is 5.73 Å². The van der Waals surface area contributed by atoms with Gasteiger partial charge in [0.2, 0.25) is 0 Å². The van der Waals surface area contributed by atoms with Gasteiger partial charge in [-0.2, -0.15) is 0 Å². The Morgan fingerprint density at radius 1 is 0.722 bits per heavy atom. The van der Waals surface area contributed by atoms with E-state index in [0.717, 1.165) is 76.5 Å². The molecule has 2 aromatic carbocycles. The highest BCUT2D eigenvalue weighted by Crippen LogP contribution is 2.16. The minimum atomic E-state index is -0.476. The SMILES string of the molecule is C.C=C=C=C=C=C=C.CC(C)(C)OC(=O)N1CCN(CCc2cccc(N)c2)CC1.CC(C)(C)OC(=O)N1CCN(CCc2cccc([N+](=O)[O-])c2)CC1. The van der Waals surface area contributed by atoms with Crippen molar-refractivity contribution in [3.8, 4) is 0 Å². The van der Waals surface area contributed by atoms with Crippen LogP contribution in [0.15, 0.2) is 90.3 Å². The molecule has 12 heteroatoms. The molecule has 2 N–H and O–H groups in total. The van der Waals surface area contributed by atoms with Crippen molar-refractivity contribution < 1.29 is 24.0 Å². The summed E-state index contributed by atoms with van der Waals surface area (Å²) in [6.45, 7) is 25.7. The van der Waals surface area contributed by atoms with Gasteiger partial charge in [-0.1, -0.05) is 43.2 Å². The van der Waals surface area contributed by atoms with Crippen molar-refractivity contribution in [2.24, 2.45) is 0 Å². The minimum Gasteiger partial charge on any atom is -0.444 e. The van der Waals surface area contributed by atoms with Crippen LogP contribution >= 0.6 is 0 Å². The van der Waals surface area contributed by atoms with E-state index in [-0.39, 0.29) is 30.2 Å². The number of piperazine rings is 2. The first kappa shape index (κ1) is 46.8. The van der Waals surface area contributed by atoms with Crippen molar-refractivity contribution in [3.05, 3.63) is 112 Å². The fourth-order valence-corrected chi connectivity index (χ4v) is 5.23. The molecule has 0 saturated carbocycles. The monoisotopic (exact) mass is 744 g/mol. The number of nitro benzene ring substituents is 1. The zero-order valence-electron chi connectivity index (χ0n) is 32.3. The molecule has 2 aliphatic heterocycles. The molecule has 4 rings (SSSR count). The second-order valence-electron chi connectivity index (χ2n) is 14.5. The summed E-state index contributed by atoms with van der Waals surface area (Å²) in [5.41, 5.74) is 20.1. The molecule has 0 atom stereocenters. The Bertz CT molecular complexity index is 1660. The normalized spacial score (nSPS) is 14.3. The Balaban J connectivity index is 0.000000454. The van der Waals surface area contributed by atoms with Crippen molar-refractivity contribution in [1.82, 2.24) is 19.6 Å². The predicted molar refractivity (Wildman–Crippen MR) is 215 cm³/mol. The number of carbonyl (C=O) groups is 2. The van der Waals surface area contributed by atoms with Crippen LogP contribution in [-0.4, -0.2) is 113 Å². The average molecular weight is 745 g/mol. The first-order valence-corrected chi connectivity index (χ1v) is 17.8. The number of amides is 2. The zero-order valence-corrected chi connectivity index (χ0v) is 32.3. The van der Waals surface area contributed by atoms with Crippen molar-refractivity contribution in [2.45, 2.75) is 73.0 Å². The molecule has 2 heterocycles. The highest BCUT2D eigenvalue weighted by molar-refractivity contribution is 5.68. The van der Waals surface area contributed by atoms with Gasteiger partial charge in [0.1, 0.15) is 11.2 Å². The number of carbonyl (C=O) groups excluding carboxylic acids is 2. The molecule has 0 aliphatic carbocycles. The Hall–Kier alpha value is -5.26. The molecule has 54 heavy (non-hydrogen) atoms. The third-order valence-corrected chi connectivity index (χ3v) is 7.86. The number of nitrogen functional groups attached to an aromatic ring is 1. The fraction of sp³-hybridized carbons (Fsp3) is 0.500. The van der Waals surface area contributed by atoms with Gasteiger partial charge in [-0.25, -0.2) is 9.59 Å². The number of hydrogen-bond donors (Lipinski definition) is 1. The molecule has 2 fully saturated rings. The van der Waals surface area contributed by atoms with Crippen LogP contribution in [0.1, 0.15) is 60.1 Å². The molecule has 294 valence electrons. The molecule has 12 nitrogen and oxygen atoms in total. The van der Waals surface area contributed by atoms with E-state index in [1.807, 2.05) is 65.8 Å². The molecular weight excluding hydrogens is 684 g/mol. The van der Waals surface area contributed by atoms with Gasteiger partial charge in [0.25, 0.3) is 5.69 Å². The molecule has 0 spiro atoms. The van der Waals surface area contributed by atoms with E-state index < -0.39 is 11.2 Å². The van der Waals surface area contributed by atoms with E-state index in [1.54, 1.807) is 21.9 Å². The quantitative estimate of drug-likeness (QED) is 0.135. The summed E-state index contributed by atoms with van der Waals surface area (Å²) >= 11 is 0. The van der Waals surface area contributed by atoms with Crippen molar-refractivity contribution in [1.29, 1.82) is 0 Å². The maximum atomic E-state index is 12.0. The number of anilines is 1. The Kier molecular flexibility index (Phi) is 20.3. The predicted octanol–water partition coefficient (Wildman–Crippen LogP) is 7.27. The summed E-state index contributed by atoms with van der Waals surface area (Å²) in [6, 6.07) is 14.8. The van der Waals surface area contributed by atoms with Gasteiger partial charge >= 0.3 is 12.2 Å². The van der Waals surface area contributed by atoms with Crippen LogP contribution in [-0.2, 0) is 22.3 Å². The number of nitrogens with zero attached hydrogens (tertiary/aromatic N) is 5. The van der Waals surface area contributed by atoms with Gasteiger partial charge in [0.05, 0.1) is 4.92 Å². The van der Waals surface area contributed by atoms with Crippen LogP contribution in [0.3, 0.4) is 0 Å². The first-order chi connectivity index (χ1) is 25.0. The van der Waals surface area contributed by atoms with Gasteiger partial charge in [-0.15, -0.1) is 0 Å². The second kappa shape index (κ2) is 23.4. The third-order valence-electron chi connectivity index (χ3n) is 7.86. The summed E-state index contributed by atoms with van der Waals surface area (Å²) in [6.07, 6.45) is 1.27. The highest BCUT2D eigenvalue weighted by atomic mass is 16.6. The van der Waals surface area contributed by atoms with Crippen LogP contribution in [0.4, 0.5) is 21.0 Å². The average Bonchev–Trinajstić information content (AvgIpc) is 3.10. The van der Waals surface area contributed by atoms with Gasteiger partial charge in [-0.3, -0.25) is 19.9 Å². The Labute approximate surface area is 322 Å². The lowest BCUT2D eigenvalue weighted by molar-refractivity contribution is -0.384. The first-order valence-electron chi connectivity index (χ1n) is 17.8. The molecular formula is C42H60N6O6. The molecule has 2 aromatic rings. The van der Waals surface area contributed by atoms with Gasteiger partial charge in [0.15, 0.2) is 0 Å². The standard InChI is InChI=1S/C17H25N3O4.C17H27N3O2.C7H4.CH4/c1-17(2,3)24-16(21)19-11-9-18(10-12-19)8-7-14-5-4-6-15(13-14)20(22)23;1-17(2,3)22-16(21)20-11-9-19(10-12-20)8-7-14-5-4-6-15(18)13-14;1-3-5-7-6-4-2;/h4-6,13H,7-12H2,1-3H3;4-6,13H,7-12,18H2,1-3H3;1-2H2;1H4. The maximum absolute atomic E-state index is 12.0. The van der Waals surface area contributed by atoms with Gasteiger partial charge < -0.3 is 25.0 Å². The van der Waals surface area contributed by atoms with E-state index in [0.29, 0.717) is 13.1 Å². The van der Waals surface area contributed by atoms with E-state index in [9.17, 15) is 19.7 Å². The molecule has 2 amide bonds. The summed E-state index contributed by atoms with van der Waals surface area (Å²) in [7, 11) is 0. The number of nitro groups is 1. The highest BCUT2D eigenvalue weighted by Gasteiger charge is 2.27. The Morgan fingerprint density at radius 3 is 1.50 bits per heavy atom. The van der Waals surface area contributed by atoms with Crippen LogP contribution in [0.5, 0.6) is 0 Å². The molecule has 0 unspecified atom stereocenters. The van der Waals surface area contributed by atoms with E-state index in [1.165, 1.54) is 11.6 Å². The third kappa shape index (κ3) is 19.5. The largest absolute Gasteiger partial charge is 0.444 e. The van der Waals surface area contributed by atoms with Crippen LogP contribution in [0.2, 0.25) is 0 Å². The lowest BCUT2D eigenvalue weighted by Crippen LogP contribution is -2.50. The number of rotatable bonds is 7. The zero-order chi connectivity index (χ0) is 39.4. The van der Waals surface area contributed by atoms with E-state index in [2.05, 4.69) is 57.7 Å². The summed E-state index contributed by atoms with van der Waals surface area (Å²) < 4.78 is 10.8. The minimum absolute atomic E-state index is 0. The number of benzene rings is 2. The van der Waals surface area contributed by atoms with Gasteiger partial charge in [0, 0.05) is 83.3 Å². The van der Waals surface area contributed by atoms with Crippen LogP contribution in [0.25, 0.3) is 0 Å². The molecule has 2 aliphatic rings. The number of hydrogen-bond acceptors (Lipinski definition) is 9. The molecule has 0 aromatic heterocycles. The topological polar surface area (TPSA) is 135 Å². The Morgan fingerprint density at radius 2 is 1.13 bits per heavy atom.